The number of methoxy groups -OCH3 is 2. The van der Waals surface area contributed by atoms with Crippen LogP contribution in [0.3, 0.4) is 0 Å². The maximum atomic E-state index is 5.51. The van der Waals surface area contributed by atoms with E-state index in [2.05, 4.69) is 83.1 Å². The number of aryl methyl sites for hydroxylation is 1. The van der Waals surface area contributed by atoms with E-state index in [9.17, 15) is 0 Å². The molecule has 160 valence electrons. The summed E-state index contributed by atoms with van der Waals surface area (Å²) in [5, 5.41) is 2.51. The first kappa shape index (κ1) is 20.0. The van der Waals surface area contributed by atoms with Crippen LogP contribution in [0.5, 0.6) is 11.5 Å². The number of anilines is 3. The minimum absolute atomic E-state index is 0.819. The van der Waals surface area contributed by atoms with Gasteiger partial charge in [-0.3, -0.25) is 0 Å². The summed E-state index contributed by atoms with van der Waals surface area (Å²) in [5.41, 5.74) is 5.63. The van der Waals surface area contributed by atoms with Crippen molar-refractivity contribution < 1.29 is 9.47 Å². The third-order valence-corrected chi connectivity index (χ3v) is 5.95. The SMILES string of the molecule is CCn1c2ccccc2c2cc(N(c3cccc(OC)c3)c3cccc(OC)c3)ccc21. The number of ether oxygens (including phenoxy) is 2. The lowest BCUT2D eigenvalue weighted by atomic mass is 10.1. The van der Waals surface area contributed by atoms with Crippen molar-refractivity contribution in [2.24, 2.45) is 0 Å². The highest BCUT2D eigenvalue weighted by atomic mass is 16.5. The minimum atomic E-state index is 0.819. The summed E-state index contributed by atoms with van der Waals surface area (Å²) in [6.45, 7) is 3.12. The quantitative estimate of drug-likeness (QED) is 0.287. The first-order valence-corrected chi connectivity index (χ1v) is 10.8. The van der Waals surface area contributed by atoms with Crippen LogP contribution < -0.4 is 14.4 Å². The number of aromatic nitrogens is 1. The lowest BCUT2D eigenvalue weighted by Crippen LogP contribution is -2.10. The van der Waals surface area contributed by atoms with Crippen molar-refractivity contribution in [1.29, 1.82) is 0 Å². The average molecular weight is 423 g/mol. The number of hydrogen-bond donors (Lipinski definition) is 0. The molecule has 1 heterocycles. The largest absolute Gasteiger partial charge is 0.497 e. The van der Waals surface area contributed by atoms with E-state index < -0.39 is 0 Å². The molecule has 5 rings (SSSR count). The fourth-order valence-electron chi connectivity index (χ4n) is 4.47. The van der Waals surface area contributed by atoms with Crippen LogP contribution >= 0.6 is 0 Å². The fraction of sp³-hybridized carbons (Fsp3) is 0.143. The van der Waals surface area contributed by atoms with Gasteiger partial charge in [-0.15, -0.1) is 0 Å². The molecule has 32 heavy (non-hydrogen) atoms. The van der Waals surface area contributed by atoms with Crippen LogP contribution in [0, 0.1) is 0 Å². The highest BCUT2D eigenvalue weighted by Gasteiger charge is 2.17. The Balaban J connectivity index is 1.76. The zero-order chi connectivity index (χ0) is 22.1. The normalized spacial score (nSPS) is 11.1. The third-order valence-electron chi connectivity index (χ3n) is 5.95. The van der Waals surface area contributed by atoms with E-state index in [1.54, 1.807) is 14.2 Å². The van der Waals surface area contributed by atoms with Gasteiger partial charge in [-0.1, -0.05) is 30.3 Å². The van der Waals surface area contributed by atoms with E-state index in [1.165, 1.54) is 21.8 Å². The molecular formula is C28H26N2O2. The Hall–Kier alpha value is -3.92. The lowest BCUT2D eigenvalue weighted by Gasteiger charge is -2.26. The molecule has 0 aliphatic carbocycles. The van der Waals surface area contributed by atoms with E-state index in [0.717, 1.165) is 35.1 Å². The summed E-state index contributed by atoms with van der Waals surface area (Å²) < 4.78 is 13.4. The average Bonchev–Trinajstić information content (AvgIpc) is 3.17. The number of rotatable bonds is 6. The molecule has 4 aromatic carbocycles. The zero-order valence-corrected chi connectivity index (χ0v) is 18.6. The van der Waals surface area contributed by atoms with Crippen LogP contribution in [0.25, 0.3) is 21.8 Å². The Labute approximate surface area is 188 Å². The summed E-state index contributed by atoms with van der Waals surface area (Å²) in [4.78, 5) is 2.24. The predicted molar refractivity (Wildman–Crippen MR) is 133 cm³/mol. The number of fused-ring (bicyclic) bond motifs is 3. The van der Waals surface area contributed by atoms with Gasteiger partial charge >= 0.3 is 0 Å². The van der Waals surface area contributed by atoms with E-state index in [-0.39, 0.29) is 0 Å². The van der Waals surface area contributed by atoms with Crippen LogP contribution in [-0.4, -0.2) is 18.8 Å². The molecule has 0 bridgehead atoms. The first-order chi connectivity index (χ1) is 15.7. The van der Waals surface area contributed by atoms with Crippen LogP contribution in [0.2, 0.25) is 0 Å². The lowest BCUT2D eigenvalue weighted by molar-refractivity contribution is 0.414. The Morgan fingerprint density at radius 1 is 0.625 bits per heavy atom. The van der Waals surface area contributed by atoms with Crippen LogP contribution in [0.4, 0.5) is 17.1 Å². The smallest absolute Gasteiger partial charge is 0.120 e. The van der Waals surface area contributed by atoms with Crippen LogP contribution in [0.1, 0.15) is 6.92 Å². The maximum Gasteiger partial charge on any atom is 0.120 e. The second kappa shape index (κ2) is 8.31. The van der Waals surface area contributed by atoms with Gasteiger partial charge in [-0.25, -0.2) is 0 Å². The Bertz CT molecular complexity index is 1360. The first-order valence-electron chi connectivity index (χ1n) is 10.8. The highest BCUT2D eigenvalue weighted by Crippen LogP contribution is 2.40. The van der Waals surface area contributed by atoms with E-state index in [0.29, 0.717) is 0 Å². The molecule has 0 unspecified atom stereocenters. The van der Waals surface area contributed by atoms with Crippen molar-refractivity contribution in [3.63, 3.8) is 0 Å². The van der Waals surface area contributed by atoms with Gasteiger partial charge < -0.3 is 18.9 Å². The Morgan fingerprint density at radius 3 is 1.84 bits per heavy atom. The van der Waals surface area contributed by atoms with E-state index in [4.69, 9.17) is 9.47 Å². The molecule has 0 N–H and O–H groups in total. The number of para-hydroxylation sites is 1. The summed E-state index contributed by atoms with van der Waals surface area (Å²) in [6.07, 6.45) is 0. The van der Waals surface area contributed by atoms with Gasteiger partial charge in [0.05, 0.1) is 14.2 Å². The van der Waals surface area contributed by atoms with Crippen molar-refractivity contribution in [2.75, 3.05) is 19.1 Å². The molecule has 0 fully saturated rings. The standard InChI is InChI=1S/C28H26N2O2/c1-4-29-27-14-6-5-13-25(27)26-19-22(15-16-28(26)29)30(20-9-7-11-23(17-20)31-2)21-10-8-12-24(18-21)32-3/h5-19H,4H2,1-3H3. The van der Waals surface area contributed by atoms with Gasteiger partial charge in [0.25, 0.3) is 0 Å². The van der Waals surface area contributed by atoms with Gasteiger partial charge in [0, 0.05) is 57.5 Å². The zero-order valence-electron chi connectivity index (χ0n) is 18.6. The summed E-state index contributed by atoms with van der Waals surface area (Å²) in [5.74, 6) is 1.64. The summed E-state index contributed by atoms with van der Waals surface area (Å²) >= 11 is 0. The molecule has 5 aromatic rings. The monoisotopic (exact) mass is 422 g/mol. The molecular weight excluding hydrogens is 396 g/mol. The van der Waals surface area contributed by atoms with Crippen molar-refractivity contribution in [3.8, 4) is 11.5 Å². The fourth-order valence-corrected chi connectivity index (χ4v) is 4.47. The Kier molecular flexibility index (Phi) is 5.20. The van der Waals surface area contributed by atoms with Gasteiger partial charge in [0.2, 0.25) is 0 Å². The van der Waals surface area contributed by atoms with Crippen LogP contribution in [-0.2, 0) is 6.54 Å². The predicted octanol–water partition coefficient (Wildman–Crippen LogP) is 7.30. The molecule has 4 heteroatoms. The molecule has 0 saturated carbocycles. The molecule has 0 saturated heterocycles. The molecule has 0 radical (unpaired) electrons. The van der Waals surface area contributed by atoms with Crippen molar-refractivity contribution in [3.05, 3.63) is 91.0 Å². The van der Waals surface area contributed by atoms with Gasteiger partial charge in [0.15, 0.2) is 0 Å². The molecule has 0 amide bonds. The van der Waals surface area contributed by atoms with Gasteiger partial charge in [-0.05, 0) is 55.5 Å². The second-order valence-electron chi connectivity index (χ2n) is 7.70. The highest BCUT2D eigenvalue weighted by molar-refractivity contribution is 6.09. The maximum absolute atomic E-state index is 5.51. The number of hydrogen-bond acceptors (Lipinski definition) is 3. The molecule has 1 aromatic heterocycles. The number of nitrogens with zero attached hydrogens (tertiary/aromatic N) is 2. The van der Waals surface area contributed by atoms with Crippen molar-refractivity contribution in [2.45, 2.75) is 13.5 Å². The van der Waals surface area contributed by atoms with Crippen LogP contribution in [0.15, 0.2) is 91.0 Å². The Morgan fingerprint density at radius 2 is 1.22 bits per heavy atom. The van der Waals surface area contributed by atoms with E-state index >= 15 is 0 Å². The van der Waals surface area contributed by atoms with Gasteiger partial charge in [-0.2, -0.15) is 0 Å². The number of benzene rings is 4. The third kappa shape index (κ3) is 3.34. The van der Waals surface area contributed by atoms with Crippen molar-refractivity contribution >= 4 is 38.9 Å². The second-order valence-corrected chi connectivity index (χ2v) is 7.70. The summed E-state index contributed by atoms with van der Waals surface area (Å²) in [7, 11) is 3.39. The summed E-state index contributed by atoms with van der Waals surface area (Å²) in [6, 6.07) is 31.6. The van der Waals surface area contributed by atoms with E-state index in [1.807, 2.05) is 24.3 Å². The van der Waals surface area contributed by atoms with Gasteiger partial charge in [0.1, 0.15) is 11.5 Å². The molecule has 0 aliphatic heterocycles. The molecule has 0 aliphatic rings. The van der Waals surface area contributed by atoms with Crippen molar-refractivity contribution in [1.82, 2.24) is 4.57 Å². The topological polar surface area (TPSA) is 26.6 Å². The molecule has 0 atom stereocenters. The molecule has 4 nitrogen and oxygen atoms in total. The molecule has 0 spiro atoms. The minimum Gasteiger partial charge on any atom is -0.497 e.